The van der Waals surface area contributed by atoms with Crippen LogP contribution < -0.4 is 0 Å². The smallest absolute Gasteiger partial charge is 0.439 e. The van der Waals surface area contributed by atoms with Gasteiger partial charge >= 0.3 is 6.09 Å². The fraction of sp³-hybridized carbons (Fsp3) is 0.800. The molecule has 1 amide bonds. The van der Waals surface area contributed by atoms with Crippen LogP contribution in [0.4, 0.5) is 4.79 Å². The third-order valence-corrected chi connectivity index (χ3v) is 1.18. The van der Waals surface area contributed by atoms with E-state index < -0.39 is 11.7 Å². The van der Waals surface area contributed by atoms with Gasteiger partial charge in [0.05, 0.1) is 0 Å². The summed E-state index contributed by atoms with van der Waals surface area (Å²) in [5, 5.41) is 0. The Morgan fingerprint density at radius 1 is 1.50 bits per heavy atom. The molecule has 0 fully saturated rings. The third kappa shape index (κ3) is 10.8. The van der Waals surface area contributed by atoms with Crippen molar-refractivity contribution in [2.45, 2.75) is 26.4 Å². The molecule has 0 aromatic rings. The van der Waals surface area contributed by atoms with E-state index in [0.717, 1.165) is 0 Å². The SMILES string of the molecule is CC(C)(C)OC(=O)N=PN=P.[Y]. The van der Waals surface area contributed by atoms with Gasteiger partial charge in [-0.3, -0.25) is 0 Å². The second kappa shape index (κ2) is 7.20. The van der Waals surface area contributed by atoms with Gasteiger partial charge in [0, 0.05) is 32.7 Å². The molecule has 0 bridgehead atoms. The third-order valence-electron chi connectivity index (χ3n) is 0.565. The molecule has 0 spiro atoms. The molecule has 0 atom stereocenters. The van der Waals surface area contributed by atoms with Gasteiger partial charge in [-0.05, 0) is 29.8 Å². The van der Waals surface area contributed by atoms with E-state index in [-0.39, 0.29) is 32.7 Å². The molecule has 7 heteroatoms. The Morgan fingerprint density at radius 2 is 2.00 bits per heavy atom. The predicted octanol–water partition coefficient (Wildman–Crippen LogP) is 3.29. The predicted molar refractivity (Wildman–Crippen MR) is 46.3 cm³/mol. The van der Waals surface area contributed by atoms with Gasteiger partial charge in [0.25, 0.3) is 0 Å². The number of carbonyl (C=O) groups excluding carboxylic acids is 1. The maximum Gasteiger partial charge on any atom is 0.439 e. The number of nitrogens with zero attached hydrogens (tertiary/aromatic N) is 2. The minimum atomic E-state index is -0.596. The van der Waals surface area contributed by atoms with Crippen molar-refractivity contribution >= 4 is 23.6 Å². The molecule has 0 heterocycles. The molecule has 0 saturated carbocycles. The van der Waals surface area contributed by atoms with Crippen LogP contribution in [0.2, 0.25) is 0 Å². The van der Waals surface area contributed by atoms with E-state index in [1.165, 1.54) is 0 Å². The number of hydrogen-bond donors (Lipinski definition) is 0. The molecule has 65 valence electrons. The summed E-state index contributed by atoms with van der Waals surface area (Å²) in [7, 11) is 3.12. The minimum Gasteiger partial charge on any atom is -0.442 e. The fourth-order valence-corrected chi connectivity index (χ4v) is 0.634. The zero-order chi connectivity index (χ0) is 8.91. The standard InChI is InChI=1S/C5H10N2O2P2.Y/c1-5(2,3)9-4(8)6-11-7-10;/h10H,1-3H3;. The monoisotopic (exact) mass is 281 g/mol. The van der Waals surface area contributed by atoms with Crippen LogP contribution in [0.15, 0.2) is 9.26 Å². The molecule has 0 aliphatic heterocycles. The van der Waals surface area contributed by atoms with Crippen molar-refractivity contribution in [1.29, 1.82) is 0 Å². The van der Waals surface area contributed by atoms with Gasteiger partial charge in [0.1, 0.15) is 5.60 Å². The Hall–Kier alpha value is 0.774. The van der Waals surface area contributed by atoms with Crippen molar-refractivity contribution in [3.05, 3.63) is 0 Å². The largest absolute Gasteiger partial charge is 0.442 e. The average Bonchev–Trinajstić information content (AvgIpc) is 1.79. The second-order valence-electron chi connectivity index (χ2n) is 2.77. The summed E-state index contributed by atoms with van der Waals surface area (Å²) < 4.78 is 11.7. The molecule has 12 heavy (non-hydrogen) atoms. The molecular formula is C5H10N2O2P2Y. The van der Waals surface area contributed by atoms with Crippen molar-refractivity contribution in [2.75, 3.05) is 0 Å². The summed E-state index contributed by atoms with van der Waals surface area (Å²) in [6.07, 6.45) is -0.596. The second-order valence-corrected chi connectivity index (χ2v) is 3.95. The van der Waals surface area contributed by atoms with Crippen LogP contribution in [-0.2, 0) is 37.4 Å². The quantitative estimate of drug-likeness (QED) is 0.692. The molecule has 0 rings (SSSR count). The topological polar surface area (TPSA) is 51.0 Å². The minimum absolute atomic E-state index is 0. The normalized spacial score (nSPS) is 10.6. The maximum atomic E-state index is 10.7. The van der Waals surface area contributed by atoms with Crippen LogP contribution in [0.25, 0.3) is 0 Å². The van der Waals surface area contributed by atoms with Crippen LogP contribution in [-0.4, -0.2) is 11.7 Å². The first kappa shape index (κ1) is 15.3. The Bertz CT molecular complexity index is 190. The van der Waals surface area contributed by atoms with Crippen molar-refractivity contribution in [3.63, 3.8) is 0 Å². The van der Waals surface area contributed by atoms with E-state index in [4.69, 9.17) is 4.74 Å². The van der Waals surface area contributed by atoms with E-state index in [9.17, 15) is 4.79 Å². The van der Waals surface area contributed by atoms with Crippen LogP contribution in [0, 0.1) is 0 Å². The first-order valence-electron chi connectivity index (χ1n) is 2.96. The fourth-order valence-electron chi connectivity index (χ4n) is 0.341. The molecule has 4 nitrogen and oxygen atoms in total. The Kier molecular flexibility index (Phi) is 9.16. The Balaban J connectivity index is 0. The first-order chi connectivity index (χ1) is 4.95. The zero-order valence-electron chi connectivity index (χ0n) is 7.24. The molecule has 0 aromatic carbocycles. The number of rotatable bonds is 1. The van der Waals surface area contributed by atoms with Gasteiger partial charge in [-0.2, -0.15) is 4.52 Å². The number of amides is 1. The van der Waals surface area contributed by atoms with Gasteiger partial charge in [-0.15, -0.1) is 4.74 Å². The van der Waals surface area contributed by atoms with Gasteiger partial charge in [0.15, 0.2) is 8.52 Å². The summed E-state index contributed by atoms with van der Waals surface area (Å²) >= 11 is 0. The Morgan fingerprint density at radius 3 is 2.33 bits per heavy atom. The molecule has 0 aliphatic carbocycles. The summed E-state index contributed by atoms with van der Waals surface area (Å²) in [6.45, 7) is 5.34. The van der Waals surface area contributed by atoms with Gasteiger partial charge in [0.2, 0.25) is 0 Å². The van der Waals surface area contributed by atoms with E-state index >= 15 is 0 Å². The van der Waals surface area contributed by atoms with E-state index in [2.05, 4.69) is 18.3 Å². The van der Waals surface area contributed by atoms with Gasteiger partial charge < -0.3 is 4.74 Å². The van der Waals surface area contributed by atoms with E-state index in [1.54, 1.807) is 20.8 Å². The summed E-state index contributed by atoms with van der Waals surface area (Å²) in [5.41, 5.74) is -0.484. The Labute approximate surface area is 101 Å². The molecule has 0 N–H and O–H groups in total. The van der Waals surface area contributed by atoms with Crippen molar-refractivity contribution in [3.8, 4) is 0 Å². The molecule has 1 radical (unpaired) electrons. The average molecular weight is 281 g/mol. The van der Waals surface area contributed by atoms with Gasteiger partial charge in [-0.25, -0.2) is 4.79 Å². The van der Waals surface area contributed by atoms with Crippen LogP contribution in [0.1, 0.15) is 20.8 Å². The van der Waals surface area contributed by atoms with Gasteiger partial charge in [-0.1, -0.05) is 0 Å². The van der Waals surface area contributed by atoms with E-state index in [1.807, 2.05) is 0 Å². The van der Waals surface area contributed by atoms with Crippen LogP contribution in [0.3, 0.4) is 0 Å². The van der Waals surface area contributed by atoms with Crippen molar-refractivity contribution in [1.82, 2.24) is 0 Å². The molecule has 0 aromatic heterocycles. The van der Waals surface area contributed by atoms with Crippen LogP contribution >= 0.6 is 17.6 Å². The zero-order valence-corrected chi connectivity index (χ0v) is 12.0. The molecule has 0 saturated heterocycles. The number of carbonyl (C=O) groups is 1. The van der Waals surface area contributed by atoms with E-state index in [0.29, 0.717) is 8.52 Å². The first-order valence-corrected chi connectivity index (χ1v) is 4.21. The summed E-state index contributed by atoms with van der Waals surface area (Å²) in [6, 6.07) is 0. The van der Waals surface area contributed by atoms with Crippen molar-refractivity contribution < 1.29 is 42.2 Å². The van der Waals surface area contributed by atoms with Crippen LogP contribution in [0.5, 0.6) is 0 Å². The maximum absolute atomic E-state index is 10.7. The number of ether oxygens (including phenoxy) is 1. The molecular weight excluding hydrogens is 271 g/mol. The molecule has 0 aliphatic rings. The summed E-state index contributed by atoms with van der Waals surface area (Å²) in [5.74, 6) is 0. The molecule has 0 unspecified atom stereocenters. The summed E-state index contributed by atoms with van der Waals surface area (Å²) in [4.78, 5) is 10.7. The van der Waals surface area contributed by atoms with Crippen molar-refractivity contribution in [2.24, 2.45) is 9.26 Å². The number of hydrogen-bond acceptors (Lipinski definition) is 2.